The van der Waals surface area contributed by atoms with E-state index in [-0.39, 0.29) is 18.4 Å². The molecule has 0 fully saturated rings. The van der Waals surface area contributed by atoms with E-state index in [1.165, 1.54) is 0 Å². The van der Waals surface area contributed by atoms with Gasteiger partial charge in [-0.15, -0.1) is 0 Å². The van der Waals surface area contributed by atoms with Gasteiger partial charge in [-0.25, -0.2) is 0 Å². The summed E-state index contributed by atoms with van der Waals surface area (Å²) in [5.74, 6) is 0. The van der Waals surface area contributed by atoms with Gasteiger partial charge in [0.05, 0.1) is 0 Å². The molecule has 8 heteroatoms. The summed E-state index contributed by atoms with van der Waals surface area (Å²) in [5.41, 5.74) is -2.78. The van der Waals surface area contributed by atoms with E-state index in [9.17, 15) is 19.2 Å². The topological polar surface area (TPSA) is 68.3 Å². The Kier molecular flexibility index (Phi) is 4.36. The first-order valence-corrected chi connectivity index (χ1v) is 5.79. The van der Waals surface area contributed by atoms with Crippen molar-refractivity contribution in [1.29, 1.82) is 0 Å². The summed E-state index contributed by atoms with van der Waals surface area (Å²) in [6, 6.07) is 0. The molecule has 0 heterocycles. The Hall–Kier alpha value is -0.420. The summed E-state index contributed by atoms with van der Waals surface area (Å²) in [7, 11) is 0. The molecule has 0 atom stereocenters. The third kappa shape index (κ3) is 2.27. The minimum absolute atomic E-state index is 0.0625. The minimum atomic E-state index is -2.07. The Morgan fingerprint density at radius 3 is 1.65 bits per heavy atom. The summed E-state index contributed by atoms with van der Waals surface area (Å²) in [4.78, 5) is 45.0. The number of rotatable bonds is 4. The van der Waals surface area contributed by atoms with E-state index >= 15 is 0 Å². The van der Waals surface area contributed by atoms with Gasteiger partial charge in [0.25, 0.3) is 0 Å². The molecule has 0 bridgehead atoms. The third-order valence-corrected chi connectivity index (χ3v) is 3.65. The monoisotopic (exact) mass is 316 g/mol. The lowest BCUT2D eigenvalue weighted by Crippen LogP contribution is -2.36. The molecule has 0 saturated heterocycles. The molecule has 0 aliphatic heterocycles. The van der Waals surface area contributed by atoms with Crippen molar-refractivity contribution in [3.63, 3.8) is 0 Å². The number of carbonyl (C=O) groups is 4. The largest absolute Gasteiger partial charge is 0.280 e. The molecule has 0 N–H and O–H groups in total. The van der Waals surface area contributed by atoms with Crippen molar-refractivity contribution in [2.75, 3.05) is 0 Å². The van der Waals surface area contributed by atoms with Crippen LogP contribution in [0.4, 0.5) is 0 Å². The van der Waals surface area contributed by atoms with Gasteiger partial charge >= 0.3 is 0 Å². The van der Waals surface area contributed by atoms with Gasteiger partial charge in [0.1, 0.15) is 5.41 Å². The molecule has 0 radical (unpaired) electrons. The fraction of sp³-hybridized carbons (Fsp3) is 0.333. The highest BCUT2D eigenvalue weighted by molar-refractivity contribution is 6.79. The zero-order chi connectivity index (χ0) is 13.4. The van der Waals surface area contributed by atoms with Crippen LogP contribution in [0.25, 0.3) is 0 Å². The van der Waals surface area contributed by atoms with Crippen molar-refractivity contribution in [3.05, 3.63) is 11.1 Å². The lowest BCUT2D eigenvalue weighted by atomic mass is 9.84. The van der Waals surface area contributed by atoms with E-state index in [0.717, 1.165) is 0 Å². The predicted molar refractivity (Wildman–Crippen MR) is 62.1 cm³/mol. The quantitative estimate of drug-likeness (QED) is 0.588. The van der Waals surface area contributed by atoms with Crippen LogP contribution in [0.15, 0.2) is 11.1 Å². The molecule has 17 heavy (non-hydrogen) atoms. The standard InChI is InChI=1S/C9H4Cl4O4/c10-5(14)3-1-2-9(7(12)16,8(13)17)4(3)6(11)15/h1-2H2. The van der Waals surface area contributed by atoms with E-state index in [2.05, 4.69) is 0 Å². The molecular weight excluding hydrogens is 314 g/mol. The maximum absolute atomic E-state index is 11.4. The van der Waals surface area contributed by atoms with Crippen LogP contribution >= 0.6 is 46.4 Å². The Balaban J connectivity index is 3.56. The minimum Gasteiger partial charge on any atom is -0.280 e. The Morgan fingerprint density at radius 2 is 1.35 bits per heavy atom. The fourth-order valence-electron chi connectivity index (χ4n) is 1.77. The number of hydrogen-bond donors (Lipinski definition) is 0. The molecule has 0 amide bonds. The van der Waals surface area contributed by atoms with Crippen LogP contribution < -0.4 is 0 Å². The predicted octanol–water partition coefficient (Wildman–Crippen LogP) is 2.12. The highest BCUT2D eigenvalue weighted by Gasteiger charge is 2.55. The molecule has 1 rings (SSSR count). The molecule has 0 aromatic heterocycles. The van der Waals surface area contributed by atoms with Crippen LogP contribution in [0.3, 0.4) is 0 Å². The molecule has 0 spiro atoms. The van der Waals surface area contributed by atoms with Crippen LogP contribution in [0.5, 0.6) is 0 Å². The molecule has 92 valence electrons. The van der Waals surface area contributed by atoms with Gasteiger partial charge in [-0.2, -0.15) is 0 Å². The third-order valence-electron chi connectivity index (χ3n) is 2.58. The highest BCUT2D eigenvalue weighted by Crippen LogP contribution is 2.48. The van der Waals surface area contributed by atoms with Gasteiger partial charge < -0.3 is 0 Å². The zero-order valence-corrected chi connectivity index (χ0v) is 11.1. The summed E-state index contributed by atoms with van der Waals surface area (Å²) in [5, 5.41) is -4.43. The summed E-state index contributed by atoms with van der Waals surface area (Å²) in [6.07, 6.45) is -0.258. The van der Waals surface area contributed by atoms with E-state index in [1.807, 2.05) is 0 Å². The van der Waals surface area contributed by atoms with E-state index in [0.29, 0.717) is 0 Å². The van der Waals surface area contributed by atoms with Crippen molar-refractivity contribution in [2.24, 2.45) is 5.41 Å². The summed E-state index contributed by atoms with van der Waals surface area (Å²) >= 11 is 21.1. The average molecular weight is 318 g/mol. The number of carbonyl (C=O) groups excluding carboxylic acids is 4. The maximum Gasteiger partial charge on any atom is 0.250 e. The second-order valence-electron chi connectivity index (χ2n) is 3.35. The van der Waals surface area contributed by atoms with Crippen LogP contribution in [0.2, 0.25) is 0 Å². The van der Waals surface area contributed by atoms with E-state index in [1.54, 1.807) is 0 Å². The lowest BCUT2D eigenvalue weighted by molar-refractivity contribution is -0.130. The first-order chi connectivity index (χ1) is 7.75. The molecule has 0 unspecified atom stereocenters. The molecule has 0 aromatic carbocycles. The van der Waals surface area contributed by atoms with E-state index < -0.39 is 32.0 Å². The van der Waals surface area contributed by atoms with Gasteiger partial charge in [-0.05, 0) is 59.2 Å². The Labute approximate surface area is 116 Å². The molecule has 1 aliphatic carbocycles. The van der Waals surface area contributed by atoms with Crippen molar-refractivity contribution in [1.82, 2.24) is 0 Å². The number of allylic oxidation sites excluding steroid dienone is 2. The Morgan fingerprint density at radius 1 is 0.882 bits per heavy atom. The first kappa shape index (κ1) is 14.6. The second-order valence-corrected chi connectivity index (χ2v) is 4.73. The first-order valence-electron chi connectivity index (χ1n) is 4.28. The second kappa shape index (κ2) is 5.06. The van der Waals surface area contributed by atoms with Crippen LogP contribution in [0.1, 0.15) is 12.8 Å². The molecule has 1 aliphatic rings. The average Bonchev–Trinajstić information content (AvgIpc) is 2.57. The normalized spacial score (nSPS) is 18.1. The lowest BCUT2D eigenvalue weighted by Gasteiger charge is -2.21. The molecule has 0 saturated carbocycles. The molecule has 4 nitrogen and oxygen atoms in total. The van der Waals surface area contributed by atoms with Crippen molar-refractivity contribution in [2.45, 2.75) is 12.8 Å². The van der Waals surface area contributed by atoms with Crippen LogP contribution in [-0.4, -0.2) is 21.0 Å². The summed E-state index contributed by atoms with van der Waals surface area (Å²) < 4.78 is 0. The number of halogens is 4. The van der Waals surface area contributed by atoms with Crippen molar-refractivity contribution in [3.8, 4) is 0 Å². The van der Waals surface area contributed by atoms with Gasteiger partial charge in [0.15, 0.2) is 0 Å². The summed E-state index contributed by atoms with van der Waals surface area (Å²) in [6.45, 7) is 0. The van der Waals surface area contributed by atoms with Gasteiger partial charge in [0.2, 0.25) is 21.0 Å². The smallest absolute Gasteiger partial charge is 0.250 e. The number of hydrogen-bond acceptors (Lipinski definition) is 4. The van der Waals surface area contributed by atoms with Crippen LogP contribution in [0, 0.1) is 5.41 Å². The molecule has 0 aromatic rings. The highest BCUT2D eigenvalue weighted by atomic mass is 35.5. The zero-order valence-electron chi connectivity index (χ0n) is 8.06. The SMILES string of the molecule is O=C(Cl)C1=C(C(=O)Cl)C(C(=O)Cl)(C(=O)Cl)CC1. The van der Waals surface area contributed by atoms with E-state index in [4.69, 9.17) is 46.4 Å². The molecular formula is C9H4Cl4O4. The van der Waals surface area contributed by atoms with Crippen molar-refractivity contribution < 1.29 is 19.2 Å². The maximum atomic E-state index is 11.4. The van der Waals surface area contributed by atoms with Crippen LogP contribution in [-0.2, 0) is 19.2 Å². The van der Waals surface area contributed by atoms with Gasteiger partial charge in [-0.1, -0.05) is 0 Å². The van der Waals surface area contributed by atoms with Crippen molar-refractivity contribution >= 4 is 67.4 Å². The van der Waals surface area contributed by atoms with Gasteiger partial charge in [0, 0.05) is 11.1 Å². The fourth-order valence-corrected chi connectivity index (χ4v) is 2.84. The Bertz CT molecular complexity index is 452. The van der Waals surface area contributed by atoms with Gasteiger partial charge in [-0.3, -0.25) is 19.2 Å².